The van der Waals surface area contributed by atoms with Crippen LogP contribution in [0.25, 0.3) is 11.0 Å². The molecule has 1 aromatic carbocycles. The fourth-order valence-electron chi connectivity index (χ4n) is 1.17. The monoisotopic (exact) mass is 203 g/mol. The van der Waals surface area contributed by atoms with Crippen LogP contribution in [0.15, 0.2) is 30.5 Å². The van der Waals surface area contributed by atoms with E-state index in [0.717, 1.165) is 11.0 Å². The van der Waals surface area contributed by atoms with Crippen molar-refractivity contribution in [1.82, 2.24) is 9.97 Å². The summed E-state index contributed by atoms with van der Waals surface area (Å²) in [6, 6.07) is 7.42. The maximum absolute atomic E-state index is 10.9. The molecule has 0 spiro atoms. The Morgan fingerprint density at radius 3 is 2.80 bits per heavy atom. The van der Waals surface area contributed by atoms with Crippen LogP contribution in [-0.2, 0) is 4.74 Å². The Morgan fingerprint density at radius 2 is 2.07 bits per heavy atom. The highest BCUT2D eigenvalue weighted by Gasteiger charge is 2.03. The minimum atomic E-state index is -0.556. The first-order chi connectivity index (χ1) is 7.29. The highest BCUT2D eigenvalue weighted by molar-refractivity contribution is 5.85. The second kappa shape index (κ2) is 3.91. The predicted octanol–water partition coefficient (Wildman–Crippen LogP) is 1.81. The second-order valence-electron chi connectivity index (χ2n) is 2.86. The van der Waals surface area contributed by atoms with Crippen LogP contribution in [0.1, 0.15) is 0 Å². The fraction of sp³-hybridized carbons (Fsp3) is 0.100. The van der Waals surface area contributed by atoms with Gasteiger partial charge in [-0.1, -0.05) is 12.1 Å². The Morgan fingerprint density at radius 1 is 1.33 bits per heavy atom. The molecule has 0 aliphatic carbocycles. The lowest BCUT2D eigenvalue weighted by Crippen LogP contribution is -2.12. The van der Waals surface area contributed by atoms with Crippen molar-refractivity contribution in [3.8, 4) is 0 Å². The van der Waals surface area contributed by atoms with Crippen molar-refractivity contribution in [1.29, 1.82) is 0 Å². The summed E-state index contributed by atoms with van der Waals surface area (Å²) >= 11 is 0. The average Bonchev–Trinajstić information content (AvgIpc) is 2.29. The molecule has 0 saturated carbocycles. The van der Waals surface area contributed by atoms with Gasteiger partial charge >= 0.3 is 6.09 Å². The highest BCUT2D eigenvalue weighted by Crippen LogP contribution is 2.11. The number of fused-ring (bicyclic) bond motifs is 1. The molecule has 2 aromatic rings. The number of amides is 1. The molecule has 1 N–H and O–H groups in total. The summed E-state index contributed by atoms with van der Waals surface area (Å²) < 4.78 is 4.45. The first-order valence-corrected chi connectivity index (χ1v) is 4.36. The number of aromatic nitrogens is 2. The zero-order chi connectivity index (χ0) is 10.7. The van der Waals surface area contributed by atoms with Crippen LogP contribution in [0.3, 0.4) is 0 Å². The number of methoxy groups -OCH3 is 1. The molecule has 76 valence electrons. The van der Waals surface area contributed by atoms with E-state index in [0.29, 0.717) is 5.82 Å². The topological polar surface area (TPSA) is 64.1 Å². The Kier molecular flexibility index (Phi) is 2.45. The lowest BCUT2D eigenvalue weighted by Gasteiger charge is -2.02. The fourth-order valence-corrected chi connectivity index (χ4v) is 1.17. The largest absolute Gasteiger partial charge is 0.453 e. The summed E-state index contributed by atoms with van der Waals surface area (Å²) in [6.07, 6.45) is 0.929. The Balaban J connectivity index is 2.34. The number of nitrogens with zero attached hydrogens (tertiary/aromatic N) is 2. The molecule has 0 bridgehead atoms. The van der Waals surface area contributed by atoms with Crippen molar-refractivity contribution in [2.45, 2.75) is 0 Å². The first kappa shape index (κ1) is 9.39. The summed E-state index contributed by atoms with van der Waals surface area (Å²) in [4.78, 5) is 19.2. The van der Waals surface area contributed by atoms with Crippen LogP contribution >= 0.6 is 0 Å². The second-order valence-corrected chi connectivity index (χ2v) is 2.86. The summed E-state index contributed by atoms with van der Waals surface area (Å²) in [5, 5.41) is 2.45. The van der Waals surface area contributed by atoms with Crippen LogP contribution in [0.5, 0.6) is 0 Å². The molecule has 1 aromatic heterocycles. The van der Waals surface area contributed by atoms with Crippen molar-refractivity contribution in [3.63, 3.8) is 0 Å². The molecular formula is C10H9N3O2. The first-order valence-electron chi connectivity index (χ1n) is 4.36. The van der Waals surface area contributed by atoms with Gasteiger partial charge in [-0.2, -0.15) is 0 Å². The molecule has 1 heterocycles. The van der Waals surface area contributed by atoms with Crippen molar-refractivity contribution in [2.24, 2.45) is 0 Å². The zero-order valence-electron chi connectivity index (χ0n) is 8.10. The maximum Gasteiger partial charge on any atom is 0.412 e. The van der Waals surface area contributed by atoms with Gasteiger partial charge in [0.25, 0.3) is 0 Å². The van der Waals surface area contributed by atoms with Crippen LogP contribution in [0, 0.1) is 0 Å². The van der Waals surface area contributed by atoms with Gasteiger partial charge in [0.15, 0.2) is 5.82 Å². The van der Waals surface area contributed by atoms with Crippen molar-refractivity contribution in [3.05, 3.63) is 30.5 Å². The number of para-hydroxylation sites is 2. The van der Waals surface area contributed by atoms with Gasteiger partial charge in [-0.15, -0.1) is 0 Å². The number of nitrogens with one attached hydrogen (secondary N) is 1. The van der Waals surface area contributed by atoms with E-state index in [1.54, 1.807) is 0 Å². The smallest absolute Gasteiger partial charge is 0.412 e. The van der Waals surface area contributed by atoms with Gasteiger partial charge in [0, 0.05) is 0 Å². The zero-order valence-corrected chi connectivity index (χ0v) is 8.10. The number of hydrogen-bond acceptors (Lipinski definition) is 4. The number of carbonyl (C=O) groups excluding carboxylic acids is 1. The third-order valence-corrected chi connectivity index (χ3v) is 1.86. The number of rotatable bonds is 1. The molecule has 0 atom stereocenters. The summed E-state index contributed by atoms with van der Waals surface area (Å²) in [7, 11) is 1.30. The number of ether oxygens (including phenoxy) is 1. The average molecular weight is 203 g/mol. The van der Waals surface area contributed by atoms with Crippen molar-refractivity contribution in [2.75, 3.05) is 12.4 Å². The van der Waals surface area contributed by atoms with Gasteiger partial charge in [-0.3, -0.25) is 10.3 Å². The lowest BCUT2D eigenvalue weighted by atomic mass is 10.3. The summed E-state index contributed by atoms with van der Waals surface area (Å²) in [6.45, 7) is 0. The molecule has 5 heteroatoms. The van der Waals surface area contributed by atoms with Gasteiger partial charge in [0.1, 0.15) is 0 Å². The van der Waals surface area contributed by atoms with Gasteiger partial charge in [0.2, 0.25) is 0 Å². The van der Waals surface area contributed by atoms with E-state index in [2.05, 4.69) is 20.0 Å². The Hall–Kier alpha value is -2.17. The van der Waals surface area contributed by atoms with Crippen molar-refractivity contribution >= 4 is 22.9 Å². The van der Waals surface area contributed by atoms with E-state index in [1.165, 1.54) is 13.3 Å². The van der Waals surface area contributed by atoms with Crippen LogP contribution < -0.4 is 5.32 Å². The number of benzene rings is 1. The molecule has 0 saturated heterocycles. The van der Waals surface area contributed by atoms with Gasteiger partial charge in [-0.05, 0) is 12.1 Å². The summed E-state index contributed by atoms with van der Waals surface area (Å²) in [5.74, 6) is 0.376. The van der Waals surface area contributed by atoms with Gasteiger partial charge < -0.3 is 4.74 Å². The van der Waals surface area contributed by atoms with E-state index < -0.39 is 6.09 Å². The number of anilines is 1. The van der Waals surface area contributed by atoms with Gasteiger partial charge in [0.05, 0.1) is 24.3 Å². The van der Waals surface area contributed by atoms with Gasteiger partial charge in [-0.25, -0.2) is 9.78 Å². The van der Waals surface area contributed by atoms with Crippen LogP contribution in [-0.4, -0.2) is 23.2 Å². The molecule has 0 radical (unpaired) electrons. The standard InChI is InChI=1S/C10H9N3O2/c1-15-10(14)13-9-6-11-7-4-2-3-5-8(7)12-9/h2-6H,1H3,(H,12,13,14). The third-order valence-electron chi connectivity index (χ3n) is 1.86. The third kappa shape index (κ3) is 2.01. The summed E-state index contributed by atoms with van der Waals surface area (Å²) in [5.41, 5.74) is 1.51. The van der Waals surface area contributed by atoms with E-state index in [9.17, 15) is 4.79 Å². The molecular weight excluding hydrogens is 194 g/mol. The highest BCUT2D eigenvalue weighted by atomic mass is 16.5. The lowest BCUT2D eigenvalue weighted by molar-refractivity contribution is 0.187. The molecule has 0 fully saturated rings. The van der Waals surface area contributed by atoms with E-state index >= 15 is 0 Å². The molecule has 2 rings (SSSR count). The van der Waals surface area contributed by atoms with E-state index in [4.69, 9.17) is 0 Å². The molecule has 0 unspecified atom stereocenters. The number of hydrogen-bond donors (Lipinski definition) is 1. The Bertz CT molecular complexity index is 499. The quantitative estimate of drug-likeness (QED) is 0.767. The minimum Gasteiger partial charge on any atom is -0.453 e. The molecule has 0 aliphatic rings. The normalized spacial score (nSPS) is 9.93. The van der Waals surface area contributed by atoms with Crippen LogP contribution in [0.2, 0.25) is 0 Å². The maximum atomic E-state index is 10.9. The van der Waals surface area contributed by atoms with Crippen LogP contribution in [0.4, 0.5) is 10.6 Å². The van der Waals surface area contributed by atoms with E-state index in [1.807, 2.05) is 24.3 Å². The Labute approximate surface area is 86.1 Å². The SMILES string of the molecule is COC(=O)Nc1cnc2ccccc2n1. The molecule has 1 amide bonds. The molecule has 0 aliphatic heterocycles. The number of carbonyl (C=O) groups is 1. The minimum absolute atomic E-state index is 0.376. The predicted molar refractivity (Wildman–Crippen MR) is 55.6 cm³/mol. The van der Waals surface area contributed by atoms with Crippen molar-refractivity contribution < 1.29 is 9.53 Å². The van der Waals surface area contributed by atoms with E-state index in [-0.39, 0.29) is 0 Å². The molecule has 15 heavy (non-hydrogen) atoms. The molecule has 5 nitrogen and oxygen atoms in total.